The quantitative estimate of drug-likeness (QED) is 0.680. The van der Waals surface area contributed by atoms with Crippen molar-refractivity contribution in [2.24, 2.45) is 5.41 Å². The molecule has 1 amide bonds. The van der Waals surface area contributed by atoms with Gasteiger partial charge in [-0.05, 0) is 6.42 Å². The lowest BCUT2D eigenvalue weighted by Crippen LogP contribution is -2.58. The van der Waals surface area contributed by atoms with Gasteiger partial charge < -0.3 is 14.7 Å². The van der Waals surface area contributed by atoms with E-state index in [9.17, 15) is 18.3 Å². The van der Waals surface area contributed by atoms with Crippen LogP contribution in [0.4, 0.5) is 0 Å². The number of amides is 1. The highest BCUT2D eigenvalue weighted by molar-refractivity contribution is 7.91. The molecule has 7 heteroatoms. The fourth-order valence-corrected chi connectivity index (χ4v) is 4.03. The molecule has 0 aromatic carbocycles. The van der Waals surface area contributed by atoms with Crippen LogP contribution in [0.25, 0.3) is 0 Å². The Hall–Kier alpha value is -0.660. The van der Waals surface area contributed by atoms with E-state index >= 15 is 0 Å². The van der Waals surface area contributed by atoms with Crippen molar-refractivity contribution >= 4 is 15.7 Å². The summed E-state index contributed by atoms with van der Waals surface area (Å²) in [6, 6.07) is -0.267. The first kappa shape index (κ1) is 12.8. The Bertz CT molecular complexity index is 409. The third kappa shape index (κ3) is 2.19. The molecule has 0 bridgehead atoms. The molecule has 0 spiro atoms. The van der Waals surface area contributed by atoms with E-state index < -0.39 is 15.3 Å². The molecule has 2 rings (SSSR count). The van der Waals surface area contributed by atoms with Gasteiger partial charge in [0, 0.05) is 13.1 Å². The topological polar surface area (TPSA) is 83.9 Å². The van der Waals surface area contributed by atoms with E-state index in [-0.39, 0.29) is 43.3 Å². The zero-order valence-electron chi connectivity index (χ0n) is 9.76. The summed E-state index contributed by atoms with van der Waals surface area (Å²) in [6.45, 7) is 0.175. The molecule has 2 saturated heterocycles. The van der Waals surface area contributed by atoms with E-state index in [4.69, 9.17) is 4.74 Å². The monoisotopic (exact) mass is 263 g/mol. The van der Waals surface area contributed by atoms with Crippen LogP contribution in [0.1, 0.15) is 6.42 Å². The molecule has 6 nitrogen and oxygen atoms in total. The highest BCUT2D eigenvalue weighted by Crippen LogP contribution is 2.31. The van der Waals surface area contributed by atoms with Gasteiger partial charge in [0.15, 0.2) is 9.84 Å². The zero-order chi connectivity index (χ0) is 12.7. The minimum Gasteiger partial charge on any atom is -0.395 e. The number of carbonyl (C=O) groups is 1. The molecule has 0 saturated carbocycles. The summed E-state index contributed by atoms with van der Waals surface area (Å²) in [7, 11) is -1.40. The minimum absolute atomic E-state index is 0.0254. The Morgan fingerprint density at radius 3 is 2.53 bits per heavy atom. The first-order valence-electron chi connectivity index (χ1n) is 5.56. The van der Waals surface area contributed by atoms with Crippen molar-refractivity contribution in [1.82, 2.24) is 4.90 Å². The van der Waals surface area contributed by atoms with E-state index in [1.807, 2.05) is 0 Å². The van der Waals surface area contributed by atoms with Crippen molar-refractivity contribution in [2.75, 3.05) is 38.4 Å². The second-order valence-electron chi connectivity index (χ2n) is 4.90. The highest BCUT2D eigenvalue weighted by atomic mass is 32.2. The standard InChI is InChI=1S/C10H17NO5S/c1-11(8-2-3-17(14,15)4-8)9(13)10(5-12)6-16-7-10/h8,12H,2-7H2,1H3. The maximum Gasteiger partial charge on any atom is 0.235 e. The molecule has 1 atom stereocenters. The number of aliphatic hydroxyl groups is 1. The first-order chi connectivity index (χ1) is 7.90. The average Bonchev–Trinajstić information content (AvgIpc) is 2.57. The normalized spacial score (nSPS) is 29.6. The lowest BCUT2D eigenvalue weighted by atomic mass is 9.85. The van der Waals surface area contributed by atoms with E-state index in [0.29, 0.717) is 6.42 Å². The molecule has 2 aliphatic heterocycles. The van der Waals surface area contributed by atoms with Crippen LogP contribution in [0.3, 0.4) is 0 Å². The first-order valence-corrected chi connectivity index (χ1v) is 7.39. The van der Waals surface area contributed by atoms with Crippen LogP contribution >= 0.6 is 0 Å². The number of hydrogen-bond acceptors (Lipinski definition) is 5. The minimum atomic E-state index is -3.00. The summed E-state index contributed by atoms with van der Waals surface area (Å²) in [6.07, 6.45) is 0.479. The Morgan fingerprint density at radius 1 is 1.53 bits per heavy atom. The second-order valence-corrected chi connectivity index (χ2v) is 7.13. The van der Waals surface area contributed by atoms with E-state index in [2.05, 4.69) is 0 Å². The van der Waals surface area contributed by atoms with Gasteiger partial charge in [-0.1, -0.05) is 0 Å². The van der Waals surface area contributed by atoms with Gasteiger partial charge in [0.25, 0.3) is 0 Å². The summed E-state index contributed by atoms with van der Waals surface area (Å²) in [5.74, 6) is -0.0523. The molecule has 2 heterocycles. The van der Waals surface area contributed by atoms with Gasteiger partial charge >= 0.3 is 0 Å². The van der Waals surface area contributed by atoms with Crippen LogP contribution in [0.5, 0.6) is 0 Å². The molecule has 2 aliphatic rings. The lowest BCUT2D eigenvalue weighted by molar-refractivity contribution is -0.180. The third-order valence-electron chi connectivity index (χ3n) is 3.59. The lowest BCUT2D eigenvalue weighted by Gasteiger charge is -2.42. The number of ether oxygens (including phenoxy) is 1. The molecule has 0 aromatic heterocycles. The van der Waals surface area contributed by atoms with Crippen molar-refractivity contribution in [3.8, 4) is 0 Å². The maximum atomic E-state index is 12.2. The van der Waals surface area contributed by atoms with Crippen LogP contribution in [0.2, 0.25) is 0 Å². The molecule has 1 N–H and O–H groups in total. The molecule has 17 heavy (non-hydrogen) atoms. The Balaban J connectivity index is 2.05. The van der Waals surface area contributed by atoms with E-state index in [1.165, 1.54) is 4.90 Å². The zero-order valence-corrected chi connectivity index (χ0v) is 10.6. The SMILES string of the molecule is CN(C(=O)C1(CO)COC1)C1CCS(=O)(=O)C1. The Morgan fingerprint density at radius 2 is 2.18 bits per heavy atom. The van der Waals surface area contributed by atoms with Gasteiger partial charge in [-0.3, -0.25) is 4.79 Å². The van der Waals surface area contributed by atoms with Crippen molar-refractivity contribution in [3.05, 3.63) is 0 Å². The van der Waals surface area contributed by atoms with Crippen LogP contribution in [0.15, 0.2) is 0 Å². The van der Waals surface area contributed by atoms with E-state index in [0.717, 1.165) is 0 Å². The van der Waals surface area contributed by atoms with Crippen molar-refractivity contribution in [1.29, 1.82) is 0 Å². The van der Waals surface area contributed by atoms with Crippen molar-refractivity contribution in [3.63, 3.8) is 0 Å². The van der Waals surface area contributed by atoms with Crippen LogP contribution in [0, 0.1) is 5.41 Å². The highest BCUT2D eigenvalue weighted by Gasteiger charge is 2.49. The Kier molecular flexibility index (Phi) is 3.17. The molecular formula is C10H17NO5S. The third-order valence-corrected chi connectivity index (χ3v) is 5.34. The van der Waals surface area contributed by atoms with Crippen LogP contribution in [-0.4, -0.2) is 68.7 Å². The second kappa shape index (κ2) is 4.22. The molecular weight excluding hydrogens is 246 g/mol. The number of sulfone groups is 1. The molecule has 0 radical (unpaired) electrons. The van der Waals surface area contributed by atoms with Crippen LogP contribution < -0.4 is 0 Å². The smallest absolute Gasteiger partial charge is 0.235 e. The number of aliphatic hydroxyl groups excluding tert-OH is 1. The molecule has 98 valence electrons. The number of hydrogen-bond donors (Lipinski definition) is 1. The largest absolute Gasteiger partial charge is 0.395 e. The van der Waals surface area contributed by atoms with Crippen molar-refractivity contribution in [2.45, 2.75) is 12.5 Å². The fourth-order valence-electron chi connectivity index (χ4n) is 2.25. The average molecular weight is 263 g/mol. The maximum absolute atomic E-state index is 12.2. The fraction of sp³-hybridized carbons (Fsp3) is 0.900. The van der Waals surface area contributed by atoms with Gasteiger partial charge in [-0.15, -0.1) is 0 Å². The van der Waals surface area contributed by atoms with Gasteiger partial charge in [-0.2, -0.15) is 0 Å². The summed E-state index contributed by atoms with van der Waals surface area (Å²) < 4.78 is 27.7. The van der Waals surface area contributed by atoms with Crippen LogP contribution in [-0.2, 0) is 19.4 Å². The summed E-state index contributed by atoms with van der Waals surface area (Å²) in [5.41, 5.74) is -0.846. The molecule has 0 aromatic rings. The number of rotatable bonds is 3. The van der Waals surface area contributed by atoms with Gasteiger partial charge in [0.1, 0.15) is 5.41 Å². The molecule has 1 unspecified atom stereocenters. The van der Waals surface area contributed by atoms with Gasteiger partial charge in [0.05, 0.1) is 31.3 Å². The Labute approximate surface area is 100 Å². The van der Waals surface area contributed by atoms with Gasteiger partial charge in [0.2, 0.25) is 5.91 Å². The number of nitrogens with zero attached hydrogens (tertiary/aromatic N) is 1. The summed E-state index contributed by atoms with van der Waals surface area (Å²) in [5, 5.41) is 9.26. The van der Waals surface area contributed by atoms with Crippen molar-refractivity contribution < 1.29 is 23.1 Å². The predicted molar refractivity (Wildman–Crippen MR) is 60.2 cm³/mol. The van der Waals surface area contributed by atoms with E-state index in [1.54, 1.807) is 7.05 Å². The van der Waals surface area contributed by atoms with Gasteiger partial charge in [-0.25, -0.2) is 8.42 Å². The molecule has 2 fully saturated rings. The number of carbonyl (C=O) groups excluding carboxylic acids is 1. The summed E-state index contributed by atoms with van der Waals surface area (Å²) in [4.78, 5) is 13.6. The molecule has 0 aliphatic carbocycles. The predicted octanol–water partition coefficient (Wildman–Crippen LogP) is -1.36. The summed E-state index contributed by atoms with van der Waals surface area (Å²) >= 11 is 0.